The fraction of sp³-hybridized carbons (Fsp3) is 0.455. The van der Waals surface area contributed by atoms with E-state index in [0.717, 1.165) is 17.3 Å². The lowest BCUT2D eigenvalue weighted by molar-refractivity contribution is 0.568. The van der Waals surface area contributed by atoms with E-state index in [1.54, 1.807) is 12.5 Å². The largest absolute Gasteiger partial charge is 0.472 e. The summed E-state index contributed by atoms with van der Waals surface area (Å²) in [4.78, 5) is 4.37. The van der Waals surface area contributed by atoms with Crippen LogP contribution >= 0.6 is 0 Å². The van der Waals surface area contributed by atoms with Gasteiger partial charge < -0.3 is 9.73 Å². The Hall–Kier alpha value is -1.78. The molecule has 2 aromatic heterocycles. The lowest BCUT2D eigenvalue weighted by Crippen LogP contribution is -2.18. The topological polar surface area (TPSA) is 66.7 Å². The molecule has 0 bridgehead atoms. The molecule has 2 aromatic rings. The summed E-state index contributed by atoms with van der Waals surface area (Å²) in [5.41, 5.74) is 0.916. The molecule has 1 aliphatic carbocycles. The molecule has 16 heavy (non-hydrogen) atoms. The second-order valence-electron chi connectivity index (χ2n) is 4.29. The maximum Gasteiger partial charge on any atom is 0.242 e. The lowest BCUT2D eigenvalue weighted by atomic mass is 10.2. The van der Waals surface area contributed by atoms with E-state index in [0.29, 0.717) is 12.0 Å². The summed E-state index contributed by atoms with van der Waals surface area (Å²) in [5.74, 6) is 2.19. The van der Waals surface area contributed by atoms with E-state index in [-0.39, 0.29) is 0 Å². The van der Waals surface area contributed by atoms with E-state index < -0.39 is 0 Å². The van der Waals surface area contributed by atoms with Crippen molar-refractivity contribution in [3.05, 3.63) is 18.6 Å². The first-order chi connectivity index (χ1) is 7.83. The zero-order valence-electron chi connectivity index (χ0n) is 9.10. The summed E-state index contributed by atoms with van der Waals surface area (Å²) in [7, 11) is 0. The molecule has 0 spiro atoms. The molecule has 0 aliphatic heterocycles. The lowest BCUT2D eigenvalue weighted by Gasteiger charge is -2.09. The van der Waals surface area contributed by atoms with Crippen molar-refractivity contribution in [2.75, 3.05) is 5.32 Å². The van der Waals surface area contributed by atoms with Gasteiger partial charge in [-0.3, -0.25) is 5.10 Å². The molecule has 1 fully saturated rings. The van der Waals surface area contributed by atoms with Gasteiger partial charge in [-0.15, -0.1) is 5.10 Å². The van der Waals surface area contributed by atoms with Crippen LogP contribution in [0, 0.1) is 5.92 Å². The maximum absolute atomic E-state index is 5.00. The monoisotopic (exact) mass is 218 g/mol. The van der Waals surface area contributed by atoms with Crippen LogP contribution in [0.5, 0.6) is 0 Å². The highest BCUT2D eigenvalue weighted by Gasteiger charge is 2.28. The molecule has 1 aliphatic rings. The summed E-state index contributed by atoms with van der Waals surface area (Å²) in [6, 6.07) is 2.31. The van der Waals surface area contributed by atoms with Gasteiger partial charge in [0, 0.05) is 6.04 Å². The predicted octanol–water partition coefficient (Wildman–Crippen LogP) is 2.28. The number of aromatic amines is 1. The van der Waals surface area contributed by atoms with Crippen LogP contribution in [0.1, 0.15) is 19.8 Å². The highest BCUT2D eigenvalue weighted by atomic mass is 16.3. The molecular formula is C11H14N4O. The Morgan fingerprint density at radius 2 is 2.44 bits per heavy atom. The minimum absolute atomic E-state index is 0.452. The average Bonchev–Trinajstić information content (AvgIpc) is 2.80. The van der Waals surface area contributed by atoms with Gasteiger partial charge in [0.2, 0.25) is 5.95 Å². The number of H-pyrrole nitrogens is 1. The molecule has 3 rings (SSSR count). The Kier molecular flexibility index (Phi) is 2.16. The van der Waals surface area contributed by atoms with Crippen molar-refractivity contribution in [2.45, 2.75) is 25.8 Å². The van der Waals surface area contributed by atoms with Gasteiger partial charge in [0.05, 0.1) is 11.8 Å². The second kappa shape index (κ2) is 3.66. The first kappa shape index (κ1) is 9.45. The van der Waals surface area contributed by atoms with Crippen molar-refractivity contribution in [3.63, 3.8) is 0 Å². The second-order valence-corrected chi connectivity index (χ2v) is 4.29. The van der Waals surface area contributed by atoms with Gasteiger partial charge >= 0.3 is 0 Å². The average molecular weight is 218 g/mol. The third-order valence-corrected chi connectivity index (χ3v) is 2.97. The number of anilines is 1. The van der Waals surface area contributed by atoms with E-state index in [4.69, 9.17) is 4.42 Å². The van der Waals surface area contributed by atoms with Crippen molar-refractivity contribution in [3.8, 4) is 11.4 Å². The van der Waals surface area contributed by atoms with Crippen LogP contribution in [-0.2, 0) is 0 Å². The number of hydrogen-bond acceptors (Lipinski definition) is 4. The molecule has 0 amide bonds. The standard InChI is InChI=1S/C11H14N4O/c1-7(8-2-3-8)12-11-13-10(14-15-11)9-4-5-16-6-9/h4-8H,2-3H2,1H3,(H2,12,13,14,15). The zero-order chi connectivity index (χ0) is 11.0. The zero-order valence-corrected chi connectivity index (χ0v) is 9.10. The minimum atomic E-state index is 0.452. The molecule has 1 atom stereocenters. The quantitative estimate of drug-likeness (QED) is 0.826. The number of aromatic nitrogens is 3. The Morgan fingerprint density at radius 3 is 3.12 bits per heavy atom. The minimum Gasteiger partial charge on any atom is -0.472 e. The van der Waals surface area contributed by atoms with Gasteiger partial charge in [0.1, 0.15) is 6.26 Å². The molecule has 1 saturated carbocycles. The number of hydrogen-bond donors (Lipinski definition) is 2. The van der Waals surface area contributed by atoms with E-state index >= 15 is 0 Å². The Morgan fingerprint density at radius 1 is 1.56 bits per heavy atom. The summed E-state index contributed by atoms with van der Waals surface area (Å²) < 4.78 is 5.00. The number of furan rings is 1. The van der Waals surface area contributed by atoms with Crippen molar-refractivity contribution < 1.29 is 4.42 Å². The molecule has 5 nitrogen and oxygen atoms in total. The number of nitrogens with zero attached hydrogens (tertiary/aromatic N) is 2. The molecule has 2 N–H and O–H groups in total. The smallest absolute Gasteiger partial charge is 0.242 e. The third-order valence-electron chi connectivity index (χ3n) is 2.97. The van der Waals surface area contributed by atoms with Gasteiger partial charge in [-0.1, -0.05) is 0 Å². The third kappa shape index (κ3) is 1.80. The van der Waals surface area contributed by atoms with E-state index in [9.17, 15) is 0 Å². The van der Waals surface area contributed by atoms with Crippen LogP contribution in [0.25, 0.3) is 11.4 Å². The molecule has 0 aromatic carbocycles. The highest BCUT2D eigenvalue weighted by molar-refractivity contribution is 5.53. The Bertz CT molecular complexity index is 458. The van der Waals surface area contributed by atoms with Gasteiger partial charge in [0.25, 0.3) is 0 Å². The van der Waals surface area contributed by atoms with E-state index in [1.807, 2.05) is 6.07 Å². The fourth-order valence-electron chi connectivity index (χ4n) is 1.77. The van der Waals surface area contributed by atoms with E-state index in [2.05, 4.69) is 27.4 Å². The highest BCUT2D eigenvalue weighted by Crippen LogP contribution is 2.33. The summed E-state index contributed by atoms with van der Waals surface area (Å²) in [5, 5.41) is 10.3. The Labute approximate surface area is 93.3 Å². The van der Waals surface area contributed by atoms with E-state index in [1.165, 1.54) is 12.8 Å². The van der Waals surface area contributed by atoms with Crippen molar-refractivity contribution >= 4 is 5.95 Å². The first-order valence-electron chi connectivity index (χ1n) is 5.54. The van der Waals surface area contributed by atoms with Crippen molar-refractivity contribution in [1.29, 1.82) is 0 Å². The van der Waals surface area contributed by atoms with Crippen LogP contribution < -0.4 is 5.32 Å². The van der Waals surface area contributed by atoms with Crippen molar-refractivity contribution in [1.82, 2.24) is 15.2 Å². The van der Waals surface area contributed by atoms with Crippen LogP contribution in [-0.4, -0.2) is 21.2 Å². The summed E-state index contributed by atoms with van der Waals surface area (Å²) in [6.45, 7) is 2.17. The molecule has 5 heteroatoms. The van der Waals surface area contributed by atoms with Crippen LogP contribution in [0.4, 0.5) is 5.95 Å². The number of nitrogens with one attached hydrogen (secondary N) is 2. The van der Waals surface area contributed by atoms with Crippen LogP contribution in [0.3, 0.4) is 0 Å². The first-order valence-corrected chi connectivity index (χ1v) is 5.54. The molecular weight excluding hydrogens is 204 g/mol. The van der Waals surface area contributed by atoms with Gasteiger partial charge in [0.15, 0.2) is 5.82 Å². The summed E-state index contributed by atoms with van der Waals surface area (Å²) >= 11 is 0. The van der Waals surface area contributed by atoms with Gasteiger partial charge in [-0.05, 0) is 31.7 Å². The van der Waals surface area contributed by atoms with Crippen LogP contribution in [0.2, 0.25) is 0 Å². The number of rotatable bonds is 4. The van der Waals surface area contributed by atoms with Crippen molar-refractivity contribution in [2.24, 2.45) is 5.92 Å². The van der Waals surface area contributed by atoms with Crippen LogP contribution in [0.15, 0.2) is 23.0 Å². The molecule has 1 unspecified atom stereocenters. The Balaban J connectivity index is 1.72. The summed E-state index contributed by atoms with van der Waals surface area (Å²) in [6.07, 6.45) is 5.90. The molecule has 84 valence electrons. The maximum atomic E-state index is 5.00. The molecule has 2 heterocycles. The fourth-order valence-corrected chi connectivity index (χ4v) is 1.77. The molecule has 0 saturated heterocycles. The normalized spacial score (nSPS) is 17.3. The predicted molar refractivity (Wildman–Crippen MR) is 59.9 cm³/mol. The SMILES string of the molecule is CC(Nc1n[nH]c(-c2ccoc2)n1)C1CC1. The van der Waals surface area contributed by atoms with Gasteiger partial charge in [-0.25, -0.2) is 0 Å². The van der Waals surface area contributed by atoms with Gasteiger partial charge in [-0.2, -0.15) is 4.98 Å². The molecule has 0 radical (unpaired) electrons.